The van der Waals surface area contributed by atoms with Gasteiger partial charge in [0, 0.05) is 19.0 Å². The van der Waals surface area contributed by atoms with Crippen molar-refractivity contribution in [1.82, 2.24) is 4.90 Å². The number of amides is 1. The molecule has 0 spiro atoms. The number of aliphatic carboxylic acids is 1. The summed E-state index contributed by atoms with van der Waals surface area (Å²) in [5.74, 6) is -9.29. The molecule has 0 aromatic rings. The normalized spacial score (nSPS) is 32.4. The smallest absolute Gasteiger partial charge is 0.471 e. The van der Waals surface area contributed by atoms with Crippen LogP contribution < -0.4 is 0 Å². The number of hydrogen-bond acceptors (Lipinski definition) is 2. The predicted octanol–water partition coefficient (Wildman–Crippen LogP) is 2.29. The van der Waals surface area contributed by atoms with E-state index in [2.05, 4.69) is 0 Å². The second-order valence-electron chi connectivity index (χ2n) is 5.64. The molecule has 1 N–H and O–H groups in total. The van der Waals surface area contributed by atoms with Gasteiger partial charge in [-0.25, -0.2) is 8.78 Å². The molecule has 1 aliphatic carbocycles. The summed E-state index contributed by atoms with van der Waals surface area (Å²) in [4.78, 5) is 22.9. The van der Waals surface area contributed by atoms with E-state index in [0.29, 0.717) is 6.42 Å². The third-order valence-corrected chi connectivity index (χ3v) is 4.40. The zero-order valence-electron chi connectivity index (χ0n) is 10.9. The Labute approximate surface area is 116 Å². The van der Waals surface area contributed by atoms with Crippen LogP contribution in [0.5, 0.6) is 0 Å². The molecule has 4 nitrogen and oxygen atoms in total. The van der Waals surface area contributed by atoms with Crippen LogP contribution in [0.2, 0.25) is 0 Å². The van der Waals surface area contributed by atoms with Crippen LogP contribution >= 0.6 is 0 Å². The molecule has 1 saturated carbocycles. The van der Waals surface area contributed by atoms with Crippen molar-refractivity contribution in [3.63, 3.8) is 0 Å². The van der Waals surface area contributed by atoms with Crippen molar-refractivity contribution in [2.45, 2.75) is 37.8 Å². The lowest BCUT2D eigenvalue weighted by molar-refractivity contribution is -0.228. The quantitative estimate of drug-likeness (QED) is 0.755. The molecule has 120 valence electrons. The maximum Gasteiger partial charge on any atom is 0.471 e. The van der Waals surface area contributed by atoms with Crippen molar-refractivity contribution >= 4 is 11.9 Å². The van der Waals surface area contributed by atoms with Crippen LogP contribution in [0.25, 0.3) is 0 Å². The molecule has 2 bridgehead atoms. The number of carbonyl (C=O) groups is 2. The first-order valence-electron chi connectivity index (χ1n) is 6.50. The summed E-state index contributed by atoms with van der Waals surface area (Å²) in [5, 5.41) is 9.20. The first kappa shape index (κ1) is 16.0. The van der Waals surface area contributed by atoms with Crippen LogP contribution in [0, 0.1) is 11.3 Å². The molecule has 1 amide bonds. The van der Waals surface area contributed by atoms with E-state index in [1.165, 1.54) is 0 Å². The molecule has 0 aromatic heterocycles. The van der Waals surface area contributed by atoms with Gasteiger partial charge in [0.2, 0.25) is 0 Å². The van der Waals surface area contributed by atoms with E-state index in [1.807, 2.05) is 0 Å². The summed E-state index contributed by atoms with van der Waals surface area (Å²) in [6.07, 6.45) is -5.23. The standard InChI is InChI=1S/C12H14F5NO3/c13-11(14)7-3-1-2-4-10(11,9(20)21)6-18(5-7)8(19)12(15,16)17/h7H,1-6H2,(H,20,21). The Balaban J connectivity index is 2.43. The third-order valence-electron chi connectivity index (χ3n) is 4.40. The summed E-state index contributed by atoms with van der Waals surface area (Å²) >= 11 is 0. The van der Waals surface area contributed by atoms with Gasteiger partial charge in [0.1, 0.15) is 5.41 Å². The molecule has 21 heavy (non-hydrogen) atoms. The maximum atomic E-state index is 14.4. The topological polar surface area (TPSA) is 57.6 Å². The fraction of sp³-hybridized carbons (Fsp3) is 0.833. The van der Waals surface area contributed by atoms with E-state index >= 15 is 0 Å². The third kappa shape index (κ3) is 2.36. The van der Waals surface area contributed by atoms with Gasteiger partial charge in [-0.15, -0.1) is 0 Å². The average Bonchev–Trinajstić information content (AvgIpc) is 2.44. The summed E-state index contributed by atoms with van der Waals surface area (Å²) in [6.45, 7) is -1.87. The lowest BCUT2D eigenvalue weighted by Crippen LogP contribution is -2.65. The summed E-state index contributed by atoms with van der Waals surface area (Å²) in [7, 11) is 0. The Kier molecular flexibility index (Phi) is 3.66. The largest absolute Gasteiger partial charge is 0.481 e. The first-order chi connectivity index (χ1) is 9.52. The highest BCUT2D eigenvalue weighted by Gasteiger charge is 2.68. The number of carbonyl (C=O) groups excluding carboxylic acids is 1. The summed E-state index contributed by atoms with van der Waals surface area (Å²) in [6, 6.07) is 0. The number of alkyl halides is 5. The van der Waals surface area contributed by atoms with Crippen LogP contribution in [0.1, 0.15) is 25.7 Å². The monoisotopic (exact) mass is 315 g/mol. The van der Waals surface area contributed by atoms with Crippen molar-refractivity contribution in [3.8, 4) is 0 Å². The molecule has 1 saturated heterocycles. The van der Waals surface area contributed by atoms with Gasteiger partial charge in [-0.1, -0.05) is 12.8 Å². The Morgan fingerprint density at radius 1 is 1.19 bits per heavy atom. The molecule has 0 radical (unpaired) electrons. The molecule has 9 heteroatoms. The summed E-state index contributed by atoms with van der Waals surface area (Å²) < 4.78 is 66.3. The molecule has 1 aliphatic heterocycles. The van der Waals surface area contributed by atoms with Crippen molar-refractivity contribution < 1.29 is 36.6 Å². The fourth-order valence-electron chi connectivity index (χ4n) is 3.25. The van der Waals surface area contributed by atoms with Crippen LogP contribution in [-0.4, -0.2) is 47.1 Å². The zero-order chi connectivity index (χ0) is 16.1. The minimum absolute atomic E-state index is 0.0936. The molecule has 2 aliphatic rings. The number of likely N-dealkylation sites (tertiary alicyclic amines) is 1. The fourth-order valence-corrected chi connectivity index (χ4v) is 3.25. The Bertz CT molecular complexity index is 464. The Hall–Kier alpha value is -1.41. The SMILES string of the molecule is O=C(N1CC2CCCCC(C(=O)O)(C1)C2(F)F)C(F)(F)F. The number of halogens is 5. The minimum Gasteiger partial charge on any atom is -0.481 e. The number of rotatable bonds is 1. The predicted molar refractivity (Wildman–Crippen MR) is 59.6 cm³/mol. The second-order valence-corrected chi connectivity index (χ2v) is 5.64. The van der Waals surface area contributed by atoms with E-state index in [4.69, 9.17) is 0 Å². The van der Waals surface area contributed by atoms with E-state index in [0.717, 1.165) is 0 Å². The van der Waals surface area contributed by atoms with Crippen molar-refractivity contribution in [3.05, 3.63) is 0 Å². The van der Waals surface area contributed by atoms with Gasteiger partial charge in [-0.05, 0) is 12.8 Å². The summed E-state index contributed by atoms with van der Waals surface area (Å²) in [5.41, 5.74) is -2.63. The van der Waals surface area contributed by atoms with Gasteiger partial charge in [-0.3, -0.25) is 9.59 Å². The molecular formula is C12H14F5NO3. The van der Waals surface area contributed by atoms with Crippen molar-refractivity contribution in [1.29, 1.82) is 0 Å². The Morgan fingerprint density at radius 2 is 1.81 bits per heavy atom. The van der Waals surface area contributed by atoms with Gasteiger partial charge >= 0.3 is 18.1 Å². The molecule has 2 unspecified atom stereocenters. The highest BCUT2D eigenvalue weighted by molar-refractivity contribution is 5.84. The van der Waals surface area contributed by atoms with E-state index in [9.17, 15) is 36.6 Å². The number of hydrogen-bond donors (Lipinski definition) is 1. The van der Waals surface area contributed by atoms with Crippen molar-refractivity contribution in [2.24, 2.45) is 11.3 Å². The Morgan fingerprint density at radius 3 is 2.33 bits per heavy atom. The van der Waals surface area contributed by atoms with Gasteiger partial charge in [-0.2, -0.15) is 13.2 Å². The minimum atomic E-state index is -5.20. The van der Waals surface area contributed by atoms with Crippen LogP contribution in [0.15, 0.2) is 0 Å². The lowest BCUT2D eigenvalue weighted by Gasteiger charge is -2.48. The zero-order valence-corrected chi connectivity index (χ0v) is 10.9. The van der Waals surface area contributed by atoms with Crippen LogP contribution in [0.4, 0.5) is 22.0 Å². The number of fused-ring (bicyclic) bond motifs is 2. The van der Waals surface area contributed by atoms with Crippen LogP contribution in [0.3, 0.4) is 0 Å². The lowest BCUT2D eigenvalue weighted by atomic mass is 9.70. The van der Waals surface area contributed by atoms with Gasteiger partial charge < -0.3 is 10.0 Å². The van der Waals surface area contributed by atoms with Gasteiger partial charge in [0.05, 0.1) is 0 Å². The number of nitrogens with zero attached hydrogens (tertiary/aromatic N) is 1. The second kappa shape index (κ2) is 4.81. The highest BCUT2D eigenvalue weighted by Crippen LogP contribution is 2.53. The van der Waals surface area contributed by atoms with E-state index in [-0.39, 0.29) is 17.7 Å². The average molecular weight is 315 g/mol. The molecule has 2 atom stereocenters. The molecule has 0 aromatic carbocycles. The number of carboxylic acid groups (broad SMARTS) is 1. The van der Waals surface area contributed by atoms with Gasteiger partial charge in [0.15, 0.2) is 0 Å². The number of carboxylic acids is 1. The van der Waals surface area contributed by atoms with Crippen LogP contribution in [-0.2, 0) is 9.59 Å². The molecular weight excluding hydrogens is 301 g/mol. The van der Waals surface area contributed by atoms with Gasteiger partial charge in [0.25, 0.3) is 5.92 Å². The van der Waals surface area contributed by atoms with E-state index in [1.54, 1.807) is 0 Å². The maximum absolute atomic E-state index is 14.4. The van der Waals surface area contributed by atoms with Crippen molar-refractivity contribution in [2.75, 3.05) is 13.1 Å². The molecule has 1 heterocycles. The number of piperidine rings is 1. The highest BCUT2D eigenvalue weighted by atomic mass is 19.4. The first-order valence-corrected chi connectivity index (χ1v) is 6.50. The molecule has 2 rings (SSSR count). The van der Waals surface area contributed by atoms with E-state index < -0.39 is 54.8 Å². The molecule has 2 fully saturated rings.